The van der Waals surface area contributed by atoms with E-state index in [1.165, 1.54) is 12.1 Å². The fraction of sp³-hybridized carbons (Fsp3) is 0.368. The highest BCUT2D eigenvalue weighted by Crippen LogP contribution is 2.23. The summed E-state index contributed by atoms with van der Waals surface area (Å²) in [7, 11) is 0. The molecule has 1 aliphatic heterocycles. The molecule has 1 fully saturated rings. The minimum atomic E-state index is -0.554. The van der Waals surface area contributed by atoms with Gasteiger partial charge in [0.2, 0.25) is 0 Å². The van der Waals surface area contributed by atoms with E-state index >= 15 is 0 Å². The van der Waals surface area contributed by atoms with Gasteiger partial charge < -0.3 is 4.90 Å². The summed E-state index contributed by atoms with van der Waals surface area (Å²) in [6.45, 7) is 1.42. The second-order valence-corrected chi connectivity index (χ2v) is 6.28. The van der Waals surface area contributed by atoms with Crippen LogP contribution in [0.25, 0.3) is 0 Å². The third-order valence-corrected chi connectivity index (χ3v) is 4.55. The Labute approximate surface area is 140 Å². The Bertz CT molecular complexity index is 706. The van der Waals surface area contributed by atoms with Crippen LogP contribution in [0.1, 0.15) is 35.2 Å². The summed E-state index contributed by atoms with van der Waals surface area (Å²) in [4.78, 5) is 18.3. The number of aromatic nitrogens is 1. The van der Waals surface area contributed by atoms with E-state index in [1.54, 1.807) is 24.5 Å². The first-order valence-corrected chi connectivity index (χ1v) is 8.26. The van der Waals surface area contributed by atoms with Crippen LogP contribution < -0.4 is 0 Å². The average molecular weight is 330 g/mol. The molecule has 126 valence electrons. The first-order chi connectivity index (χ1) is 11.6. The lowest BCUT2D eigenvalue weighted by Gasteiger charge is -2.33. The molecule has 3 rings (SSSR count). The second-order valence-electron chi connectivity index (χ2n) is 6.28. The molecule has 0 saturated carbocycles. The zero-order valence-corrected chi connectivity index (χ0v) is 13.4. The lowest BCUT2D eigenvalue weighted by atomic mass is 9.91. The quantitative estimate of drug-likeness (QED) is 0.853. The normalized spacial score (nSPS) is 17.8. The number of halogens is 2. The van der Waals surface area contributed by atoms with Crippen molar-refractivity contribution in [3.63, 3.8) is 0 Å². The number of likely N-dealkylation sites (tertiary alicyclic amines) is 1. The van der Waals surface area contributed by atoms with E-state index in [4.69, 9.17) is 0 Å². The number of benzene rings is 1. The van der Waals surface area contributed by atoms with E-state index in [-0.39, 0.29) is 5.91 Å². The van der Waals surface area contributed by atoms with Gasteiger partial charge in [-0.05, 0) is 55.4 Å². The summed E-state index contributed by atoms with van der Waals surface area (Å²) < 4.78 is 26.7. The van der Waals surface area contributed by atoms with Crippen molar-refractivity contribution in [2.45, 2.75) is 25.7 Å². The van der Waals surface area contributed by atoms with Crippen LogP contribution in [0.5, 0.6) is 0 Å². The maximum Gasteiger partial charge on any atom is 0.255 e. The van der Waals surface area contributed by atoms with Gasteiger partial charge in [0, 0.05) is 31.5 Å². The summed E-state index contributed by atoms with van der Waals surface area (Å²) in [5.74, 6) is -0.708. The SMILES string of the molecule is O=C(c1cccnc1)N1CCC[C@H](CCc2ccc(F)cc2F)C1. The van der Waals surface area contributed by atoms with E-state index in [1.807, 2.05) is 4.90 Å². The third kappa shape index (κ3) is 3.96. The summed E-state index contributed by atoms with van der Waals surface area (Å²) in [6.07, 6.45) is 6.56. The molecular formula is C19H20F2N2O. The van der Waals surface area contributed by atoms with Crippen molar-refractivity contribution in [2.24, 2.45) is 5.92 Å². The van der Waals surface area contributed by atoms with Crippen molar-refractivity contribution in [3.05, 3.63) is 65.5 Å². The first kappa shape index (κ1) is 16.6. The van der Waals surface area contributed by atoms with Crippen LogP contribution >= 0.6 is 0 Å². The molecule has 5 heteroatoms. The molecule has 1 aromatic carbocycles. The molecule has 3 nitrogen and oxygen atoms in total. The standard InChI is InChI=1S/C19H20F2N2O/c20-17-8-7-15(18(21)11-17)6-5-14-3-2-10-23(13-14)19(24)16-4-1-9-22-12-16/h1,4,7-9,11-12,14H,2-3,5-6,10,13H2/t14-/m1/s1. The monoisotopic (exact) mass is 330 g/mol. The summed E-state index contributed by atoms with van der Waals surface area (Å²) in [5, 5.41) is 0. The molecule has 2 heterocycles. The molecule has 0 radical (unpaired) electrons. The van der Waals surface area contributed by atoms with E-state index < -0.39 is 11.6 Å². The summed E-state index contributed by atoms with van der Waals surface area (Å²) in [6, 6.07) is 7.25. The Hall–Kier alpha value is -2.30. The number of piperidine rings is 1. The highest BCUT2D eigenvalue weighted by atomic mass is 19.1. The van der Waals surface area contributed by atoms with Gasteiger partial charge in [-0.15, -0.1) is 0 Å². The smallest absolute Gasteiger partial charge is 0.255 e. The predicted octanol–water partition coefficient (Wildman–Crippen LogP) is 3.84. The van der Waals surface area contributed by atoms with Crippen molar-refractivity contribution >= 4 is 5.91 Å². The number of hydrogen-bond acceptors (Lipinski definition) is 2. The Kier molecular flexibility index (Phi) is 5.18. The molecule has 0 bridgehead atoms. The molecule has 1 atom stereocenters. The topological polar surface area (TPSA) is 33.2 Å². The molecule has 2 aromatic rings. The largest absolute Gasteiger partial charge is 0.338 e. The molecule has 0 spiro atoms. The van der Waals surface area contributed by atoms with Crippen LogP contribution in [0.2, 0.25) is 0 Å². The molecule has 1 saturated heterocycles. The lowest BCUT2D eigenvalue weighted by Crippen LogP contribution is -2.40. The van der Waals surface area contributed by atoms with E-state index in [0.29, 0.717) is 30.0 Å². The predicted molar refractivity (Wildman–Crippen MR) is 87.5 cm³/mol. The van der Waals surface area contributed by atoms with Gasteiger partial charge in [0.1, 0.15) is 11.6 Å². The van der Waals surface area contributed by atoms with Crippen molar-refractivity contribution in [2.75, 3.05) is 13.1 Å². The molecule has 1 amide bonds. The Morgan fingerprint density at radius 1 is 1.29 bits per heavy atom. The van der Waals surface area contributed by atoms with Crippen LogP contribution in [0.4, 0.5) is 8.78 Å². The minimum absolute atomic E-state index is 0.000706. The number of nitrogens with zero attached hydrogens (tertiary/aromatic N) is 2. The number of carbonyl (C=O) groups excluding carboxylic acids is 1. The third-order valence-electron chi connectivity index (χ3n) is 4.55. The summed E-state index contributed by atoms with van der Waals surface area (Å²) in [5.41, 5.74) is 1.13. The molecule has 1 aliphatic rings. The Morgan fingerprint density at radius 3 is 2.92 bits per heavy atom. The number of rotatable bonds is 4. The van der Waals surface area contributed by atoms with Gasteiger partial charge in [-0.3, -0.25) is 9.78 Å². The van der Waals surface area contributed by atoms with Crippen molar-refractivity contribution in [3.8, 4) is 0 Å². The molecule has 24 heavy (non-hydrogen) atoms. The molecule has 0 aliphatic carbocycles. The fourth-order valence-electron chi connectivity index (χ4n) is 3.24. The van der Waals surface area contributed by atoms with Gasteiger partial charge in [0.25, 0.3) is 5.91 Å². The van der Waals surface area contributed by atoms with Crippen LogP contribution in [0, 0.1) is 17.6 Å². The van der Waals surface area contributed by atoms with E-state index in [9.17, 15) is 13.6 Å². The Balaban J connectivity index is 1.58. The van der Waals surface area contributed by atoms with Crippen molar-refractivity contribution < 1.29 is 13.6 Å². The van der Waals surface area contributed by atoms with Crippen molar-refractivity contribution in [1.29, 1.82) is 0 Å². The highest BCUT2D eigenvalue weighted by molar-refractivity contribution is 5.93. The first-order valence-electron chi connectivity index (χ1n) is 8.26. The maximum atomic E-state index is 13.7. The molecule has 0 unspecified atom stereocenters. The zero-order valence-electron chi connectivity index (χ0n) is 13.4. The van der Waals surface area contributed by atoms with Gasteiger partial charge in [0.15, 0.2) is 0 Å². The number of pyridine rings is 1. The van der Waals surface area contributed by atoms with Gasteiger partial charge in [-0.25, -0.2) is 8.78 Å². The molecule has 0 N–H and O–H groups in total. The second kappa shape index (κ2) is 7.51. The fourth-order valence-corrected chi connectivity index (χ4v) is 3.24. The van der Waals surface area contributed by atoms with Gasteiger partial charge in [-0.1, -0.05) is 6.07 Å². The van der Waals surface area contributed by atoms with Gasteiger partial charge in [0.05, 0.1) is 5.56 Å². The zero-order chi connectivity index (χ0) is 16.9. The summed E-state index contributed by atoms with van der Waals surface area (Å²) >= 11 is 0. The van der Waals surface area contributed by atoms with E-state index in [2.05, 4.69) is 4.98 Å². The molecular weight excluding hydrogens is 310 g/mol. The van der Waals surface area contributed by atoms with Crippen molar-refractivity contribution in [1.82, 2.24) is 9.88 Å². The highest BCUT2D eigenvalue weighted by Gasteiger charge is 2.24. The molecule has 1 aromatic heterocycles. The van der Waals surface area contributed by atoms with Crippen LogP contribution in [0.15, 0.2) is 42.7 Å². The lowest BCUT2D eigenvalue weighted by molar-refractivity contribution is 0.0667. The number of hydrogen-bond donors (Lipinski definition) is 0. The number of amides is 1. The number of aryl methyl sites for hydroxylation is 1. The van der Waals surface area contributed by atoms with Gasteiger partial charge in [-0.2, -0.15) is 0 Å². The van der Waals surface area contributed by atoms with E-state index in [0.717, 1.165) is 31.9 Å². The van der Waals surface area contributed by atoms with Crippen LogP contribution in [0.3, 0.4) is 0 Å². The van der Waals surface area contributed by atoms with Crippen LogP contribution in [-0.4, -0.2) is 28.9 Å². The minimum Gasteiger partial charge on any atom is -0.338 e. The average Bonchev–Trinajstić information content (AvgIpc) is 2.61. The van der Waals surface area contributed by atoms with Gasteiger partial charge >= 0.3 is 0 Å². The Morgan fingerprint density at radius 2 is 2.17 bits per heavy atom. The maximum absolute atomic E-state index is 13.7. The van der Waals surface area contributed by atoms with Crippen LogP contribution in [-0.2, 0) is 6.42 Å². The number of carbonyl (C=O) groups is 1.